The van der Waals surface area contributed by atoms with E-state index in [1.807, 2.05) is 30.7 Å². The average molecular weight is 432 g/mol. The van der Waals surface area contributed by atoms with Gasteiger partial charge in [0.25, 0.3) is 0 Å². The third kappa shape index (κ3) is 4.68. The summed E-state index contributed by atoms with van der Waals surface area (Å²) in [5.74, 6) is 2.53. The van der Waals surface area contributed by atoms with Crippen LogP contribution >= 0.6 is 27.7 Å². The van der Waals surface area contributed by atoms with Gasteiger partial charge < -0.3 is 9.30 Å². The van der Waals surface area contributed by atoms with Gasteiger partial charge in [-0.2, -0.15) is 0 Å². The van der Waals surface area contributed by atoms with Gasteiger partial charge in [0, 0.05) is 17.3 Å². The summed E-state index contributed by atoms with van der Waals surface area (Å²) in [7, 11) is 1.99. The lowest BCUT2D eigenvalue weighted by molar-refractivity contribution is 0.211. The van der Waals surface area contributed by atoms with E-state index in [1.165, 1.54) is 11.1 Å². The van der Waals surface area contributed by atoms with Crippen LogP contribution in [0.2, 0.25) is 0 Å². The Labute approximate surface area is 167 Å². The molecule has 26 heavy (non-hydrogen) atoms. The molecule has 0 aliphatic heterocycles. The Morgan fingerprint density at radius 2 is 1.69 bits per heavy atom. The second-order valence-electron chi connectivity index (χ2n) is 6.07. The molecule has 6 heteroatoms. The lowest BCUT2D eigenvalue weighted by atomic mass is 10.2. The lowest BCUT2D eigenvalue weighted by Crippen LogP contribution is -2.10. The molecule has 1 aromatic heterocycles. The molecule has 0 bridgehead atoms. The van der Waals surface area contributed by atoms with Crippen molar-refractivity contribution in [1.82, 2.24) is 14.8 Å². The molecule has 136 valence electrons. The van der Waals surface area contributed by atoms with E-state index >= 15 is 0 Å². The first kappa shape index (κ1) is 19.0. The highest BCUT2D eigenvalue weighted by Gasteiger charge is 2.17. The molecule has 3 rings (SSSR count). The van der Waals surface area contributed by atoms with Crippen LogP contribution in [0.4, 0.5) is 0 Å². The second kappa shape index (κ2) is 8.73. The molecule has 0 saturated heterocycles. The van der Waals surface area contributed by atoms with Crippen LogP contribution in [0.1, 0.15) is 36.9 Å². The third-order valence-corrected chi connectivity index (χ3v) is 5.78. The van der Waals surface area contributed by atoms with Crippen LogP contribution in [-0.2, 0) is 19.2 Å². The van der Waals surface area contributed by atoms with Gasteiger partial charge in [-0.1, -0.05) is 58.9 Å². The van der Waals surface area contributed by atoms with Gasteiger partial charge in [-0.3, -0.25) is 0 Å². The van der Waals surface area contributed by atoms with Gasteiger partial charge in [-0.25, -0.2) is 0 Å². The number of aromatic nitrogens is 3. The standard InChI is InChI=1S/C20H22BrN3OS/c1-4-15-7-11-18(12-8-15)25-14(2)19-22-23-20(24(19)3)26-13-16-5-9-17(21)10-6-16/h5-12,14H,4,13H2,1-3H3/t14-/m1/s1. The average Bonchev–Trinajstić information content (AvgIpc) is 3.02. The molecule has 0 spiro atoms. The Morgan fingerprint density at radius 1 is 1.04 bits per heavy atom. The first-order valence-electron chi connectivity index (χ1n) is 8.59. The van der Waals surface area contributed by atoms with Crippen molar-refractivity contribution in [2.24, 2.45) is 7.05 Å². The monoisotopic (exact) mass is 431 g/mol. The molecule has 3 aromatic rings. The molecular weight excluding hydrogens is 410 g/mol. The minimum absolute atomic E-state index is 0.165. The van der Waals surface area contributed by atoms with E-state index in [-0.39, 0.29) is 6.10 Å². The quantitative estimate of drug-likeness (QED) is 0.458. The summed E-state index contributed by atoms with van der Waals surface area (Å²) in [6.07, 6.45) is 0.861. The highest BCUT2D eigenvalue weighted by molar-refractivity contribution is 9.10. The van der Waals surface area contributed by atoms with Crippen molar-refractivity contribution < 1.29 is 4.74 Å². The van der Waals surface area contributed by atoms with Crippen molar-refractivity contribution in [1.29, 1.82) is 0 Å². The number of halogens is 1. The molecule has 0 radical (unpaired) electrons. The van der Waals surface area contributed by atoms with E-state index in [0.29, 0.717) is 0 Å². The van der Waals surface area contributed by atoms with Gasteiger partial charge in [-0.15, -0.1) is 10.2 Å². The van der Waals surface area contributed by atoms with Crippen LogP contribution < -0.4 is 4.74 Å². The summed E-state index contributed by atoms with van der Waals surface area (Å²) in [5, 5.41) is 9.55. The molecule has 0 unspecified atom stereocenters. The molecule has 1 heterocycles. The van der Waals surface area contributed by atoms with Crippen LogP contribution in [0.5, 0.6) is 5.75 Å². The SMILES string of the molecule is CCc1ccc(O[C@H](C)c2nnc(SCc3ccc(Br)cc3)n2C)cc1. The van der Waals surface area contributed by atoms with Crippen molar-refractivity contribution in [2.75, 3.05) is 0 Å². The molecule has 0 aliphatic rings. The van der Waals surface area contributed by atoms with Crippen LogP contribution in [-0.4, -0.2) is 14.8 Å². The smallest absolute Gasteiger partial charge is 0.191 e. The number of nitrogens with zero attached hydrogens (tertiary/aromatic N) is 3. The van der Waals surface area contributed by atoms with E-state index in [1.54, 1.807) is 11.8 Å². The summed E-state index contributed by atoms with van der Waals surface area (Å²) in [5.41, 5.74) is 2.55. The first-order valence-corrected chi connectivity index (χ1v) is 10.4. The predicted molar refractivity (Wildman–Crippen MR) is 110 cm³/mol. The van der Waals surface area contributed by atoms with Crippen molar-refractivity contribution in [3.8, 4) is 5.75 Å². The maximum absolute atomic E-state index is 6.03. The fourth-order valence-corrected chi connectivity index (χ4v) is 3.73. The van der Waals surface area contributed by atoms with E-state index in [9.17, 15) is 0 Å². The molecular formula is C20H22BrN3OS. The third-order valence-electron chi connectivity index (χ3n) is 4.16. The predicted octanol–water partition coefficient (Wildman–Crippen LogP) is 5.57. The van der Waals surface area contributed by atoms with Crippen molar-refractivity contribution >= 4 is 27.7 Å². The number of hydrogen-bond acceptors (Lipinski definition) is 4. The Bertz CT molecular complexity index is 846. The van der Waals surface area contributed by atoms with Gasteiger partial charge in [0.15, 0.2) is 17.1 Å². The summed E-state index contributed by atoms with van der Waals surface area (Å²) in [4.78, 5) is 0. The molecule has 1 atom stereocenters. The van der Waals surface area contributed by atoms with Gasteiger partial charge in [0.2, 0.25) is 0 Å². The molecule has 0 amide bonds. The fraction of sp³-hybridized carbons (Fsp3) is 0.300. The van der Waals surface area contributed by atoms with Crippen molar-refractivity contribution in [3.05, 3.63) is 70.0 Å². The largest absolute Gasteiger partial charge is 0.483 e. The van der Waals surface area contributed by atoms with Crippen molar-refractivity contribution in [2.45, 2.75) is 37.3 Å². The van der Waals surface area contributed by atoms with E-state index < -0.39 is 0 Å². The van der Waals surface area contributed by atoms with Crippen LogP contribution in [0.25, 0.3) is 0 Å². The number of ether oxygens (including phenoxy) is 1. The van der Waals surface area contributed by atoms with Crippen LogP contribution in [0.3, 0.4) is 0 Å². The summed E-state index contributed by atoms with van der Waals surface area (Å²) in [6.45, 7) is 4.15. The van der Waals surface area contributed by atoms with Gasteiger partial charge >= 0.3 is 0 Å². The van der Waals surface area contributed by atoms with E-state index in [2.05, 4.69) is 69.4 Å². The zero-order chi connectivity index (χ0) is 18.5. The molecule has 0 saturated carbocycles. The zero-order valence-electron chi connectivity index (χ0n) is 15.1. The minimum atomic E-state index is -0.165. The Balaban J connectivity index is 1.64. The lowest BCUT2D eigenvalue weighted by Gasteiger charge is -2.14. The highest BCUT2D eigenvalue weighted by atomic mass is 79.9. The molecule has 0 fully saturated rings. The summed E-state index contributed by atoms with van der Waals surface area (Å²) < 4.78 is 9.13. The topological polar surface area (TPSA) is 39.9 Å². The van der Waals surface area contributed by atoms with Crippen molar-refractivity contribution in [3.63, 3.8) is 0 Å². The molecule has 0 N–H and O–H groups in total. The van der Waals surface area contributed by atoms with E-state index in [0.717, 1.165) is 33.4 Å². The van der Waals surface area contributed by atoms with Gasteiger partial charge in [0.05, 0.1) is 0 Å². The second-order valence-corrected chi connectivity index (χ2v) is 7.93. The van der Waals surface area contributed by atoms with Gasteiger partial charge in [0.1, 0.15) is 5.75 Å². The van der Waals surface area contributed by atoms with Crippen LogP contribution in [0, 0.1) is 0 Å². The summed E-state index contributed by atoms with van der Waals surface area (Å²) >= 11 is 5.13. The summed E-state index contributed by atoms with van der Waals surface area (Å²) in [6, 6.07) is 16.5. The van der Waals surface area contributed by atoms with E-state index in [4.69, 9.17) is 4.74 Å². The Morgan fingerprint density at radius 3 is 2.35 bits per heavy atom. The Hall–Kier alpha value is -1.79. The highest BCUT2D eigenvalue weighted by Crippen LogP contribution is 2.26. The number of aryl methyl sites for hydroxylation is 1. The minimum Gasteiger partial charge on any atom is -0.483 e. The maximum Gasteiger partial charge on any atom is 0.191 e. The zero-order valence-corrected chi connectivity index (χ0v) is 17.5. The Kier molecular flexibility index (Phi) is 6.38. The number of benzene rings is 2. The number of thioether (sulfide) groups is 1. The van der Waals surface area contributed by atoms with Crippen LogP contribution in [0.15, 0.2) is 58.2 Å². The molecule has 2 aromatic carbocycles. The van der Waals surface area contributed by atoms with Gasteiger partial charge in [-0.05, 0) is 48.7 Å². The number of hydrogen-bond donors (Lipinski definition) is 0. The molecule has 4 nitrogen and oxygen atoms in total. The maximum atomic E-state index is 6.03. The fourth-order valence-electron chi connectivity index (χ4n) is 2.59. The normalized spacial score (nSPS) is 12.2. The first-order chi connectivity index (χ1) is 12.6. The molecule has 0 aliphatic carbocycles. The number of rotatable bonds is 7.